The van der Waals surface area contributed by atoms with Crippen molar-refractivity contribution in [2.45, 2.75) is 44.3 Å². The molecule has 7 nitrogen and oxygen atoms in total. The molecule has 10 heteroatoms. The van der Waals surface area contributed by atoms with Gasteiger partial charge in [-0.25, -0.2) is 9.97 Å². The Hall–Kier alpha value is -2.85. The predicted molar refractivity (Wildman–Crippen MR) is 113 cm³/mol. The fourth-order valence-electron chi connectivity index (χ4n) is 4.40. The molecule has 0 saturated carbocycles. The highest BCUT2D eigenvalue weighted by Crippen LogP contribution is 2.39. The Bertz CT molecular complexity index is 1110. The Balaban J connectivity index is 1.46. The molecule has 0 radical (unpaired) electrons. The maximum absolute atomic E-state index is 13.2. The molecule has 1 aromatic carbocycles. The average Bonchev–Trinajstić information content (AvgIpc) is 3.17. The van der Waals surface area contributed by atoms with Gasteiger partial charge in [0.25, 0.3) is 0 Å². The lowest BCUT2D eigenvalue weighted by atomic mass is 9.92. The van der Waals surface area contributed by atoms with Crippen LogP contribution in [0.5, 0.6) is 5.75 Å². The molecule has 1 fully saturated rings. The topological polar surface area (TPSA) is 75.3 Å². The smallest absolute Gasteiger partial charge is 0.431 e. The van der Waals surface area contributed by atoms with Crippen molar-refractivity contribution >= 4 is 16.9 Å². The third-order valence-corrected chi connectivity index (χ3v) is 5.88. The Morgan fingerprint density at radius 2 is 2.00 bits per heavy atom. The summed E-state index contributed by atoms with van der Waals surface area (Å²) in [6, 6.07) is 8.50. The quantitative estimate of drug-likeness (QED) is 0.616. The summed E-state index contributed by atoms with van der Waals surface area (Å²) in [5.41, 5.74) is 0.229. The molecular formula is C22H24F3N5O2. The van der Waals surface area contributed by atoms with Crippen molar-refractivity contribution in [1.82, 2.24) is 19.9 Å². The van der Waals surface area contributed by atoms with E-state index in [4.69, 9.17) is 9.47 Å². The van der Waals surface area contributed by atoms with Crippen LogP contribution in [0, 0.1) is 0 Å². The first kappa shape index (κ1) is 21.0. The number of rotatable bonds is 5. The number of likely N-dealkylation sites (tertiary alicyclic amines) is 1. The number of benzene rings is 1. The molecule has 5 rings (SSSR count). The molecule has 4 heterocycles. The van der Waals surface area contributed by atoms with Crippen LogP contribution in [-0.4, -0.2) is 57.8 Å². The van der Waals surface area contributed by atoms with Crippen LogP contribution >= 0.6 is 0 Å². The first-order chi connectivity index (χ1) is 15.3. The van der Waals surface area contributed by atoms with E-state index in [0.717, 1.165) is 30.5 Å². The fraction of sp³-hybridized carbons (Fsp3) is 0.455. The van der Waals surface area contributed by atoms with E-state index in [1.807, 2.05) is 38.1 Å². The molecule has 32 heavy (non-hydrogen) atoms. The summed E-state index contributed by atoms with van der Waals surface area (Å²) in [6.07, 6.45) is -2.91. The molecule has 0 spiro atoms. The minimum absolute atomic E-state index is 0.0250. The van der Waals surface area contributed by atoms with E-state index >= 15 is 0 Å². The predicted octanol–water partition coefficient (Wildman–Crippen LogP) is 4.00. The molecule has 2 aromatic heterocycles. The van der Waals surface area contributed by atoms with Gasteiger partial charge in [-0.3, -0.25) is 4.90 Å². The minimum Gasteiger partial charge on any atom is -0.491 e. The number of hydrogen-bond acceptors (Lipinski definition) is 6. The third kappa shape index (κ3) is 3.88. The van der Waals surface area contributed by atoms with E-state index in [1.165, 1.54) is 6.33 Å². The number of nitrogens with zero attached hydrogens (tertiary/aromatic N) is 3. The Kier molecular flexibility index (Phi) is 5.21. The first-order valence-electron chi connectivity index (χ1n) is 10.6. The van der Waals surface area contributed by atoms with Crippen LogP contribution in [0.2, 0.25) is 0 Å². The Labute approximate surface area is 182 Å². The van der Waals surface area contributed by atoms with Gasteiger partial charge in [0.1, 0.15) is 35.8 Å². The molecule has 2 aliphatic heterocycles. The first-order valence-corrected chi connectivity index (χ1v) is 10.6. The zero-order valence-corrected chi connectivity index (χ0v) is 17.7. The summed E-state index contributed by atoms with van der Waals surface area (Å²) in [5, 5.41) is 3.70. The SMILES string of the molecule is CC(C)OC1CN([C@H]2COc3ccccc3[C@@H]2Nc2ncnc3[nH]c(C(F)(F)F)cc23)C1. The Morgan fingerprint density at radius 1 is 1.22 bits per heavy atom. The van der Waals surface area contributed by atoms with Crippen LogP contribution in [0.4, 0.5) is 19.0 Å². The second-order valence-electron chi connectivity index (χ2n) is 8.46. The van der Waals surface area contributed by atoms with Crippen molar-refractivity contribution in [3.63, 3.8) is 0 Å². The van der Waals surface area contributed by atoms with Gasteiger partial charge < -0.3 is 19.8 Å². The molecular weight excluding hydrogens is 423 g/mol. The van der Waals surface area contributed by atoms with Gasteiger partial charge in [0.05, 0.1) is 29.7 Å². The van der Waals surface area contributed by atoms with Gasteiger partial charge in [-0.1, -0.05) is 18.2 Å². The van der Waals surface area contributed by atoms with Gasteiger partial charge in [0, 0.05) is 18.7 Å². The van der Waals surface area contributed by atoms with E-state index in [9.17, 15) is 13.2 Å². The molecule has 2 N–H and O–H groups in total. The van der Waals surface area contributed by atoms with Crippen LogP contribution < -0.4 is 10.1 Å². The number of para-hydroxylation sites is 1. The average molecular weight is 447 g/mol. The highest BCUT2D eigenvalue weighted by molar-refractivity contribution is 5.88. The molecule has 0 unspecified atom stereocenters. The van der Waals surface area contributed by atoms with Gasteiger partial charge in [-0.2, -0.15) is 13.2 Å². The standard InChI is InChI=1S/C22H24F3N5O2/c1-12(2)32-13-8-30(9-13)16-10-31-17-6-4-3-5-14(17)19(16)29-21-15-7-18(22(23,24)25)28-20(15)26-11-27-21/h3-7,11-13,16,19H,8-10H2,1-2H3,(H2,26,27,28,29)/t16-,19-/m0/s1. The number of ether oxygens (including phenoxy) is 2. The van der Waals surface area contributed by atoms with Gasteiger partial charge in [0.15, 0.2) is 0 Å². The summed E-state index contributed by atoms with van der Waals surface area (Å²) in [4.78, 5) is 12.9. The lowest BCUT2D eigenvalue weighted by molar-refractivity contribution is -0.140. The number of hydrogen-bond donors (Lipinski definition) is 2. The number of aromatic nitrogens is 3. The molecule has 0 bridgehead atoms. The summed E-state index contributed by atoms with van der Waals surface area (Å²) in [7, 11) is 0. The molecule has 170 valence electrons. The van der Waals surface area contributed by atoms with E-state index in [-0.39, 0.29) is 29.9 Å². The molecule has 3 aromatic rings. The monoisotopic (exact) mass is 447 g/mol. The summed E-state index contributed by atoms with van der Waals surface area (Å²) >= 11 is 0. The van der Waals surface area contributed by atoms with Crippen LogP contribution in [0.1, 0.15) is 31.1 Å². The van der Waals surface area contributed by atoms with Crippen molar-refractivity contribution in [3.05, 3.63) is 47.9 Å². The zero-order chi connectivity index (χ0) is 22.5. The zero-order valence-electron chi connectivity index (χ0n) is 17.7. The summed E-state index contributed by atoms with van der Waals surface area (Å²) in [6.45, 7) is 6.03. The number of aromatic amines is 1. The highest BCUT2D eigenvalue weighted by atomic mass is 19.4. The largest absolute Gasteiger partial charge is 0.491 e. The van der Waals surface area contributed by atoms with Crippen LogP contribution in [-0.2, 0) is 10.9 Å². The van der Waals surface area contributed by atoms with Crippen molar-refractivity contribution < 1.29 is 22.6 Å². The van der Waals surface area contributed by atoms with Gasteiger partial charge in [-0.15, -0.1) is 0 Å². The molecule has 2 aliphatic rings. The van der Waals surface area contributed by atoms with Gasteiger partial charge >= 0.3 is 6.18 Å². The number of anilines is 1. The summed E-state index contributed by atoms with van der Waals surface area (Å²) in [5.74, 6) is 1.11. The lowest BCUT2D eigenvalue weighted by Gasteiger charge is -2.48. The summed E-state index contributed by atoms with van der Waals surface area (Å²) < 4.78 is 51.6. The number of halogens is 3. The molecule has 0 aliphatic carbocycles. The van der Waals surface area contributed by atoms with Gasteiger partial charge in [-0.05, 0) is 26.0 Å². The molecule has 2 atom stereocenters. The highest BCUT2D eigenvalue weighted by Gasteiger charge is 2.42. The fourth-order valence-corrected chi connectivity index (χ4v) is 4.40. The number of fused-ring (bicyclic) bond motifs is 2. The van der Waals surface area contributed by atoms with Crippen LogP contribution in [0.25, 0.3) is 11.0 Å². The normalized spacial score (nSPS) is 21.9. The number of nitrogens with one attached hydrogen (secondary N) is 2. The van der Waals surface area contributed by atoms with Crippen molar-refractivity contribution in [1.29, 1.82) is 0 Å². The molecule has 1 saturated heterocycles. The minimum atomic E-state index is -4.49. The van der Waals surface area contributed by atoms with E-state index in [2.05, 4.69) is 25.2 Å². The van der Waals surface area contributed by atoms with Crippen molar-refractivity contribution in [2.75, 3.05) is 25.0 Å². The maximum Gasteiger partial charge on any atom is 0.431 e. The Morgan fingerprint density at radius 3 is 2.75 bits per heavy atom. The van der Waals surface area contributed by atoms with Crippen LogP contribution in [0.15, 0.2) is 36.7 Å². The van der Waals surface area contributed by atoms with E-state index < -0.39 is 11.9 Å². The number of alkyl halides is 3. The lowest BCUT2D eigenvalue weighted by Crippen LogP contribution is -2.61. The van der Waals surface area contributed by atoms with E-state index in [0.29, 0.717) is 17.8 Å². The van der Waals surface area contributed by atoms with Crippen molar-refractivity contribution in [2.24, 2.45) is 0 Å². The van der Waals surface area contributed by atoms with Gasteiger partial charge in [0.2, 0.25) is 0 Å². The third-order valence-electron chi connectivity index (χ3n) is 5.88. The van der Waals surface area contributed by atoms with Crippen LogP contribution in [0.3, 0.4) is 0 Å². The van der Waals surface area contributed by atoms with E-state index in [1.54, 1.807) is 0 Å². The maximum atomic E-state index is 13.2. The molecule has 0 amide bonds. The second-order valence-corrected chi connectivity index (χ2v) is 8.46. The van der Waals surface area contributed by atoms with Crippen molar-refractivity contribution in [3.8, 4) is 5.75 Å². The number of H-pyrrole nitrogens is 1. The second kappa shape index (κ2) is 7.93.